The summed E-state index contributed by atoms with van der Waals surface area (Å²) in [6, 6.07) is 23.6. The highest BCUT2D eigenvalue weighted by Gasteiger charge is 2.27. The number of hydrogen-bond donors (Lipinski definition) is 0. The highest BCUT2D eigenvalue weighted by Crippen LogP contribution is 2.32. The van der Waals surface area contributed by atoms with Gasteiger partial charge in [-0.2, -0.15) is 4.57 Å². The normalized spacial score (nSPS) is 11.5. The molecule has 0 spiro atoms. The molecular formula is C22H18N3S+. The smallest absolute Gasteiger partial charge is 0.245 e. The zero-order valence-electron chi connectivity index (χ0n) is 14.7. The molecular weight excluding hydrogens is 338 g/mol. The van der Waals surface area contributed by atoms with Crippen LogP contribution in [-0.2, 0) is 7.05 Å². The molecule has 5 rings (SSSR count). The predicted octanol–water partition coefficient (Wildman–Crippen LogP) is 5.04. The van der Waals surface area contributed by atoms with Crippen LogP contribution < -0.4 is 4.57 Å². The van der Waals surface area contributed by atoms with Gasteiger partial charge in [0, 0.05) is 0 Å². The molecule has 0 aliphatic heterocycles. The van der Waals surface area contributed by atoms with Crippen LogP contribution in [0, 0.1) is 6.92 Å². The van der Waals surface area contributed by atoms with Crippen molar-refractivity contribution in [2.45, 2.75) is 6.92 Å². The maximum atomic E-state index is 4.53. The average Bonchev–Trinajstić information content (AvgIpc) is 3.24. The molecule has 126 valence electrons. The van der Waals surface area contributed by atoms with Gasteiger partial charge in [-0.1, -0.05) is 30.3 Å². The van der Waals surface area contributed by atoms with E-state index in [0.717, 1.165) is 11.2 Å². The lowest BCUT2D eigenvalue weighted by molar-refractivity contribution is -0.633. The van der Waals surface area contributed by atoms with Crippen LogP contribution in [0.4, 0.5) is 0 Å². The third kappa shape index (κ3) is 2.19. The van der Waals surface area contributed by atoms with Crippen LogP contribution in [0.5, 0.6) is 0 Å². The van der Waals surface area contributed by atoms with Crippen LogP contribution in [0.25, 0.3) is 38.3 Å². The Balaban J connectivity index is 1.93. The van der Waals surface area contributed by atoms with Crippen LogP contribution >= 0.6 is 11.3 Å². The SMILES string of the molecule is Cc1cc2scnc2cc1-c1n(-c2ccccc2)c2ccccc2[n+]1C. The third-order valence-electron chi connectivity index (χ3n) is 4.95. The minimum atomic E-state index is 1.06. The van der Waals surface area contributed by atoms with Crippen molar-refractivity contribution in [3.63, 3.8) is 0 Å². The molecule has 0 bridgehead atoms. The van der Waals surface area contributed by atoms with E-state index in [1.165, 1.54) is 32.7 Å². The van der Waals surface area contributed by atoms with E-state index < -0.39 is 0 Å². The number of fused-ring (bicyclic) bond motifs is 2. The van der Waals surface area contributed by atoms with Crippen molar-refractivity contribution in [3.8, 4) is 17.1 Å². The molecule has 0 unspecified atom stereocenters. The molecule has 4 heteroatoms. The fraction of sp³-hybridized carbons (Fsp3) is 0.0909. The first kappa shape index (κ1) is 15.3. The van der Waals surface area contributed by atoms with E-state index in [1.54, 1.807) is 11.3 Å². The van der Waals surface area contributed by atoms with Crippen molar-refractivity contribution in [2.75, 3.05) is 0 Å². The Bertz CT molecular complexity index is 1250. The molecule has 0 aliphatic carbocycles. The van der Waals surface area contributed by atoms with E-state index in [1.807, 2.05) is 5.51 Å². The Labute approximate surface area is 155 Å². The Kier molecular flexibility index (Phi) is 3.40. The van der Waals surface area contributed by atoms with Crippen LogP contribution in [0.1, 0.15) is 5.56 Å². The molecule has 5 aromatic rings. The maximum Gasteiger partial charge on any atom is 0.295 e. The molecule has 2 aromatic heterocycles. The van der Waals surface area contributed by atoms with E-state index in [2.05, 4.69) is 94.8 Å². The summed E-state index contributed by atoms with van der Waals surface area (Å²) in [5.41, 5.74) is 9.03. The Morgan fingerprint density at radius 1 is 0.962 bits per heavy atom. The van der Waals surface area contributed by atoms with E-state index in [0.29, 0.717) is 0 Å². The highest BCUT2D eigenvalue weighted by atomic mass is 32.1. The summed E-state index contributed by atoms with van der Waals surface area (Å²) in [5, 5.41) is 0. The topological polar surface area (TPSA) is 21.7 Å². The molecule has 0 aliphatic rings. The minimum absolute atomic E-state index is 1.06. The number of thiazole rings is 1. The molecule has 0 radical (unpaired) electrons. The van der Waals surface area contributed by atoms with E-state index >= 15 is 0 Å². The van der Waals surface area contributed by atoms with E-state index in [4.69, 9.17) is 0 Å². The zero-order valence-corrected chi connectivity index (χ0v) is 15.5. The van der Waals surface area contributed by atoms with E-state index in [-0.39, 0.29) is 0 Å². The highest BCUT2D eigenvalue weighted by molar-refractivity contribution is 7.16. The molecule has 0 amide bonds. The molecule has 3 nitrogen and oxygen atoms in total. The van der Waals surface area contributed by atoms with Crippen LogP contribution in [-0.4, -0.2) is 9.55 Å². The lowest BCUT2D eigenvalue weighted by Crippen LogP contribution is -2.30. The summed E-state index contributed by atoms with van der Waals surface area (Å²) in [5.74, 6) is 1.17. The van der Waals surface area contributed by atoms with Gasteiger partial charge in [0.25, 0.3) is 5.82 Å². The van der Waals surface area contributed by atoms with Gasteiger partial charge in [-0.15, -0.1) is 11.3 Å². The first-order valence-corrected chi connectivity index (χ1v) is 9.51. The molecule has 26 heavy (non-hydrogen) atoms. The molecule has 0 saturated heterocycles. The van der Waals surface area contributed by atoms with Crippen molar-refractivity contribution < 1.29 is 4.57 Å². The van der Waals surface area contributed by atoms with Crippen molar-refractivity contribution >= 4 is 32.6 Å². The second kappa shape index (κ2) is 5.78. The van der Waals surface area contributed by atoms with Gasteiger partial charge in [-0.25, -0.2) is 9.55 Å². The van der Waals surface area contributed by atoms with Gasteiger partial charge in [0.05, 0.1) is 28.3 Å². The summed E-state index contributed by atoms with van der Waals surface area (Å²) in [6.45, 7) is 2.18. The fourth-order valence-electron chi connectivity index (χ4n) is 3.70. The zero-order chi connectivity index (χ0) is 17.7. The number of rotatable bonds is 2. The van der Waals surface area contributed by atoms with Crippen molar-refractivity contribution in [2.24, 2.45) is 7.05 Å². The molecule has 0 saturated carbocycles. The fourth-order valence-corrected chi connectivity index (χ4v) is 4.46. The van der Waals surface area contributed by atoms with Gasteiger partial charge in [0.1, 0.15) is 5.69 Å². The molecule has 2 heterocycles. The van der Waals surface area contributed by atoms with Crippen LogP contribution in [0.3, 0.4) is 0 Å². The van der Waals surface area contributed by atoms with Crippen LogP contribution in [0.2, 0.25) is 0 Å². The van der Waals surface area contributed by atoms with Gasteiger partial charge < -0.3 is 0 Å². The lowest BCUT2D eigenvalue weighted by atomic mass is 10.1. The quantitative estimate of drug-likeness (QED) is 0.406. The van der Waals surface area contributed by atoms with Gasteiger partial charge in [-0.3, -0.25) is 0 Å². The number of aryl methyl sites for hydroxylation is 2. The van der Waals surface area contributed by atoms with Crippen molar-refractivity contribution in [1.29, 1.82) is 0 Å². The van der Waals surface area contributed by atoms with E-state index in [9.17, 15) is 0 Å². The minimum Gasteiger partial charge on any atom is -0.245 e. The second-order valence-electron chi connectivity index (χ2n) is 6.53. The van der Waals surface area contributed by atoms with Crippen LogP contribution in [0.15, 0.2) is 72.2 Å². The standard InChI is InChI=1S/C22H18N3S/c1-15-12-21-18(23-14-26-21)13-17(15)22-24(2)19-10-6-7-11-20(19)25(22)16-8-4-3-5-9-16/h3-14H,1-2H3/q+1. The second-order valence-corrected chi connectivity index (χ2v) is 7.42. The Morgan fingerprint density at radius 3 is 2.58 bits per heavy atom. The molecule has 0 fully saturated rings. The molecule has 0 atom stereocenters. The number of nitrogens with zero attached hydrogens (tertiary/aromatic N) is 3. The third-order valence-corrected chi connectivity index (χ3v) is 5.74. The summed E-state index contributed by atoms with van der Waals surface area (Å²) in [4.78, 5) is 4.53. The number of hydrogen-bond acceptors (Lipinski definition) is 2. The number of imidazole rings is 1. The van der Waals surface area contributed by atoms with Gasteiger partial charge >= 0.3 is 0 Å². The maximum absolute atomic E-state index is 4.53. The summed E-state index contributed by atoms with van der Waals surface area (Å²) in [7, 11) is 2.14. The summed E-state index contributed by atoms with van der Waals surface area (Å²) < 4.78 is 5.86. The molecule has 0 N–H and O–H groups in total. The summed E-state index contributed by atoms with van der Waals surface area (Å²) >= 11 is 1.69. The average molecular weight is 356 g/mol. The Morgan fingerprint density at radius 2 is 1.73 bits per heavy atom. The summed E-state index contributed by atoms with van der Waals surface area (Å²) in [6.07, 6.45) is 0. The van der Waals surface area contributed by atoms with Gasteiger partial charge in [0.15, 0.2) is 11.0 Å². The van der Waals surface area contributed by atoms with Crippen molar-refractivity contribution in [3.05, 3.63) is 77.8 Å². The number of benzene rings is 3. The largest absolute Gasteiger partial charge is 0.295 e. The predicted molar refractivity (Wildman–Crippen MR) is 108 cm³/mol. The Hall–Kier alpha value is -2.98. The molecule has 3 aromatic carbocycles. The number of aromatic nitrogens is 3. The first-order valence-electron chi connectivity index (χ1n) is 8.63. The first-order chi connectivity index (χ1) is 12.7. The van der Waals surface area contributed by atoms with Gasteiger partial charge in [-0.05, 0) is 48.9 Å². The number of para-hydroxylation sites is 3. The van der Waals surface area contributed by atoms with Gasteiger partial charge in [0.2, 0.25) is 0 Å². The lowest BCUT2D eigenvalue weighted by Gasteiger charge is -2.06. The monoisotopic (exact) mass is 356 g/mol. The van der Waals surface area contributed by atoms with Crippen molar-refractivity contribution in [1.82, 2.24) is 9.55 Å².